The topological polar surface area (TPSA) is 63.2 Å². The molecule has 7 heteroatoms. The van der Waals surface area contributed by atoms with Gasteiger partial charge in [-0.15, -0.1) is 23.7 Å². The Kier molecular flexibility index (Phi) is 8.89. The molecule has 0 aliphatic heterocycles. The van der Waals surface area contributed by atoms with E-state index in [4.69, 9.17) is 4.74 Å². The SMILES string of the molecule is CCN[C@H](C)CNC(=O)c1csc(-c2ccc(OC(C)C)cc2)n1.Cl. The van der Waals surface area contributed by atoms with Gasteiger partial charge < -0.3 is 15.4 Å². The maximum Gasteiger partial charge on any atom is 0.270 e. The van der Waals surface area contributed by atoms with Crippen molar-refractivity contribution >= 4 is 29.7 Å². The number of likely N-dealkylation sites (N-methyl/N-ethyl adjacent to an activating group) is 1. The summed E-state index contributed by atoms with van der Waals surface area (Å²) in [5.41, 5.74) is 1.44. The minimum Gasteiger partial charge on any atom is -0.491 e. The Morgan fingerprint density at radius 1 is 1.24 bits per heavy atom. The van der Waals surface area contributed by atoms with Crippen LogP contribution in [0.3, 0.4) is 0 Å². The molecule has 5 nitrogen and oxygen atoms in total. The maximum absolute atomic E-state index is 12.2. The number of nitrogens with zero attached hydrogens (tertiary/aromatic N) is 1. The molecule has 1 aromatic carbocycles. The standard InChI is InChI=1S/C18H25N3O2S.ClH/c1-5-19-13(4)10-20-17(22)16-11-24-18(21-16)14-6-8-15(9-7-14)23-12(2)3;/h6-9,11-13,19H,5,10H2,1-4H3,(H,20,22);1H/t13-;/m1./s1. The summed E-state index contributed by atoms with van der Waals surface area (Å²) in [5, 5.41) is 8.78. The number of thiazole rings is 1. The van der Waals surface area contributed by atoms with E-state index in [2.05, 4.69) is 15.6 Å². The van der Waals surface area contributed by atoms with Gasteiger partial charge in [-0.05, 0) is 51.6 Å². The molecule has 1 amide bonds. The molecule has 0 saturated heterocycles. The zero-order valence-electron chi connectivity index (χ0n) is 15.0. The number of amides is 1. The highest BCUT2D eigenvalue weighted by Crippen LogP contribution is 2.26. The van der Waals surface area contributed by atoms with E-state index in [9.17, 15) is 4.79 Å². The van der Waals surface area contributed by atoms with Gasteiger partial charge in [0.25, 0.3) is 5.91 Å². The highest BCUT2D eigenvalue weighted by atomic mass is 35.5. The Hall–Kier alpha value is -1.63. The predicted molar refractivity (Wildman–Crippen MR) is 106 cm³/mol. The van der Waals surface area contributed by atoms with Crippen LogP contribution in [-0.4, -0.2) is 36.1 Å². The Balaban J connectivity index is 0.00000312. The number of carbonyl (C=O) groups excluding carboxylic acids is 1. The molecule has 2 aromatic rings. The van der Waals surface area contributed by atoms with E-state index in [0.29, 0.717) is 12.2 Å². The number of hydrogen-bond acceptors (Lipinski definition) is 5. The first kappa shape index (κ1) is 21.4. The van der Waals surface area contributed by atoms with Crippen molar-refractivity contribution < 1.29 is 9.53 Å². The van der Waals surface area contributed by atoms with Crippen LogP contribution < -0.4 is 15.4 Å². The molecule has 0 aliphatic carbocycles. The quantitative estimate of drug-likeness (QED) is 0.728. The lowest BCUT2D eigenvalue weighted by molar-refractivity contribution is 0.0946. The molecule has 0 saturated carbocycles. The highest BCUT2D eigenvalue weighted by molar-refractivity contribution is 7.13. The number of benzene rings is 1. The summed E-state index contributed by atoms with van der Waals surface area (Å²) in [6.45, 7) is 9.54. The number of aromatic nitrogens is 1. The van der Waals surface area contributed by atoms with Crippen molar-refractivity contribution in [2.75, 3.05) is 13.1 Å². The molecule has 0 spiro atoms. The fraction of sp³-hybridized carbons (Fsp3) is 0.444. The molecule has 1 heterocycles. The van der Waals surface area contributed by atoms with Crippen molar-refractivity contribution in [2.45, 2.75) is 39.8 Å². The molecule has 25 heavy (non-hydrogen) atoms. The van der Waals surface area contributed by atoms with Gasteiger partial charge in [0, 0.05) is 23.5 Å². The number of halogens is 1. The summed E-state index contributed by atoms with van der Waals surface area (Å²) in [5.74, 6) is 0.697. The van der Waals surface area contributed by atoms with Crippen molar-refractivity contribution in [3.8, 4) is 16.3 Å². The highest BCUT2D eigenvalue weighted by Gasteiger charge is 2.12. The molecule has 0 fully saturated rings. The minimum absolute atomic E-state index is 0. The van der Waals surface area contributed by atoms with Crippen LogP contribution in [0.2, 0.25) is 0 Å². The van der Waals surface area contributed by atoms with Gasteiger partial charge in [0.1, 0.15) is 16.5 Å². The van der Waals surface area contributed by atoms with Gasteiger partial charge in [-0.25, -0.2) is 4.98 Å². The van der Waals surface area contributed by atoms with Crippen LogP contribution in [0.5, 0.6) is 5.75 Å². The maximum atomic E-state index is 12.2. The second kappa shape index (κ2) is 10.4. The van der Waals surface area contributed by atoms with Crippen LogP contribution >= 0.6 is 23.7 Å². The normalized spacial score (nSPS) is 11.7. The van der Waals surface area contributed by atoms with Crippen molar-refractivity contribution in [1.29, 1.82) is 0 Å². The predicted octanol–water partition coefficient (Wildman–Crippen LogP) is 3.75. The van der Waals surface area contributed by atoms with Crippen LogP contribution in [0.15, 0.2) is 29.6 Å². The van der Waals surface area contributed by atoms with E-state index in [1.54, 1.807) is 5.38 Å². The van der Waals surface area contributed by atoms with Crippen molar-refractivity contribution in [1.82, 2.24) is 15.6 Å². The van der Waals surface area contributed by atoms with Gasteiger partial charge >= 0.3 is 0 Å². The molecule has 0 radical (unpaired) electrons. The smallest absolute Gasteiger partial charge is 0.270 e. The second-order valence-corrected chi connectivity index (χ2v) is 6.76. The second-order valence-electron chi connectivity index (χ2n) is 5.90. The number of rotatable bonds is 8. The molecule has 1 aromatic heterocycles. The lowest BCUT2D eigenvalue weighted by atomic mass is 10.2. The van der Waals surface area contributed by atoms with Crippen molar-refractivity contribution in [3.63, 3.8) is 0 Å². The number of hydrogen-bond donors (Lipinski definition) is 2. The fourth-order valence-electron chi connectivity index (χ4n) is 2.22. The Labute approximate surface area is 159 Å². The average Bonchev–Trinajstić information content (AvgIpc) is 3.03. The lowest BCUT2D eigenvalue weighted by Crippen LogP contribution is -2.38. The summed E-state index contributed by atoms with van der Waals surface area (Å²) < 4.78 is 5.64. The van der Waals surface area contributed by atoms with E-state index in [-0.39, 0.29) is 30.5 Å². The summed E-state index contributed by atoms with van der Waals surface area (Å²) >= 11 is 1.47. The first-order chi connectivity index (χ1) is 11.5. The molecular weight excluding hydrogens is 358 g/mol. The third-order valence-electron chi connectivity index (χ3n) is 3.33. The molecular formula is C18H26ClN3O2S. The molecule has 2 rings (SSSR count). The molecule has 0 bridgehead atoms. The zero-order valence-corrected chi connectivity index (χ0v) is 16.7. The molecule has 0 aliphatic rings. The largest absolute Gasteiger partial charge is 0.491 e. The van der Waals surface area contributed by atoms with Gasteiger partial charge in [-0.1, -0.05) is 6.92 Å². The van der Waals surface area contributed by atoms with E-state index in [1.807, 2.05) is 52.0 Å². The Bertz CT molecular complexity index is 659. The minimum atomic E-state index is -0.137. The number of nitrogens with one attached hydrogen (secondary N) is 2. The van der Waals surface area contributed by atoms with E-state index < -0.39 is 0 Å². The number of carbonyl (C=O) groups is 1. The summed E-state index contributed by atoms with van der Waals surface area (Å²) in [6, 6.07) is 8.02. The lowest BCUT2D eigenvalue weighted by Gasteiger charge is -2.12. The van der Waals surface area contributed by atoms with Crippen LogP contribution in [-0.2, 0) is 0 Å². The van der Waals surface area contributed by atoms with Crippen molar-refractivity contribution in [3.05, 3.63) is 35.3 Å². The van der Waals surface area contributed by atoms with Gasteiger partial charge in [-0.3, -0.25) is 4.79 Å². The zero-order chi connectivity index (χ0) is 17.5. The Morgan fingerprint density at radius 2 is 1.92 bits per heavy atom. The van der Waals surface area contributed by atoms with Crippen LogP contribution in [0.4, 0.5) is 0 Å². The monoisotopic (exact) mass is 383 g/mol. The fourth-order valence-corrected chi connectivity index (χ4v) is 3.02. The van der Waals surface area contributed by atoms with E-state index in [1.165, 1.54) is 11.3 Å². The van der Waals surface area contributed by atoms with Gasteiger partial charge in [0.2, 0.25) is 0 Å². The average molecular weight is 384 g/mol. The third-order valence-corrected chi connectivity index (χ3v) is 4.22. The molecule has 138 valence electrons. The molecule has 1 atom stereocenters. The van der Waals surface area contributed by atoms with E-state index in [0.717, 1.165) is 22.9 Å². The third kappa shape index (κ3) is 6.65. The summed E-state index contributed by atoms with van der Waals surface area (Å²) in [4.78, 5) is 16.6. The van der Waals surface area contributed by atoms with Gasteiger partial charge in [0.15, 0.2) is 0 Å². The summed E-state index contributed by atoms with van der Waals surface area (Å²) in [6.07, 6.45) is 0.149. The van der Waals surface area contributed by atoms with E-state index >= 15 is 0 Å². The molecule has 2 N–H and O–H groups in total. The van der Waals surface area contributed by atoms with Crippen LogP contribution in [0.1, 0.15) is 38.2 Å². The Morgan fingerprint density at radius 3 is 2.52 bits per heavy atom. The first-order valence-electron chi connectivity index (χ1n) is 8.23. The van der Waals surface area contributed by atoms with Crippen LogP contribution in [0.25, 0.3) is 10.6 Å². The van der Waals surface area contributed by atoms with Gasteiger partial charge in [-0.2, -0.15) is 0 Å². The van der Waals surface area contributed by atoms with Crippen molar-refractivity contribution in [2.24, 2.45) is 0 Å². The first-order valence-corrected chi connectivity index (χ1v) is 9.11. The summed E-state index contributed by atoms with van der Waals surface area (Å²) in [7, 11) is 0. The number of ether oxygens (including phenoxy) is 1. The van der Waals surface area contributed by atoms with Crippen LogP contribution in [0, 0.1) is 0 Å². The van der Waals surface area contributed by atoms with Gasteiger partial charge in [0.05, 0.1) is 6.10 Å². The molecule has 0 unspecified atom stereocenters.